The number of fused-ring (bicyclic) bond motifs is 2. The molecule has 4 atom stereocenters. The molecule has 1 amide bonds. The first-order valence-corrected chi connectivity index (χ1v) is 10.0. The van der Waals surface area contributed by atoms with E-state index in [-0.39, 0.29) is 12.5 Å². The number of alkyl carbamates (subject to hydrolysis) is 1. The zero-order chi connectivity index (χ0) is 18.8. The molecule has 26 heavy (non-hydrogen) atoms. The molecule has 0 aromatic carbocycles. The van der Waals surface area contributed by atoms with Crippen LogP contribution < -0.4 is 5.32 Å². The second-order valence-electron chi connectivity index (χ2n) is 7.32. The number of carboxylic acids is 1. The van der Waals surface area contributed by atoms with Crippen molar-refractivity contribution < 1.29 is 24.2 Å². The lowest BCUT2D eigenvalue weighted by Gasteiger charge is -2.27. The van der Waals surface area contributed by atoms with E-state index < -0.39 is 5.97 Å². The molecule has 2 N–H and O–H groups in total. The highest BCUT2D eigenvalue weighted by Gasteiger charge is 2.47. The molecule has 148 valence electrons. The van der Waals surface area contributed by atoms with Gasteiger partial charge >= 0.3 is 12.1 Å². The van der Waals surface area contributed by atoms with Gasteiger partial charge in [0.15, 0.2) is 0 Å². The average molecular weight is 367 g/mol. The number of ether oxygens (including phenoxy) is 2. The van der Waals surface area contributed by atoms with Gasteiger partial charge in [-0.3, -0.25) is 4.79 Å². The molecule has 2 saturated heterocycles. The van der Waals surface area contributed by atoms with Crippen LogP contribution in [0.5, 0.6) is 0 Å². The van der Waals surface area contributed by atoms with Crippen molar-refractivity contribution in [3.63, 3.8) is 0 Å². The van der Waals surface area contributed by atoms with Crippen LogP contribution in [0.25, 0.3) is 0 Å². The standard InChI is InChI=1S/C20H33NO5/c1-2-3-13-21-20(24)25-14-12-16-15(17-10-11-18(16)26-17)8-6-4-5-7-9-19(22)23/h4,6,15-18H,2-3,5,7-14H2,1H3,(H,21,24)(H,22,23)/t15-,16+,17-,18+/m1/s1. The lowest BCUT2D eigenvalue weighted by Crippen LogP contribution is -2.30. The van der Waals surface area contributed by atoms with E-state index in [0.717, 1.165) is 44.9 Å². The third-order valence-corrected chi connectivity index (χ3v) is 5.41. The maximum Gasteiger partial charge on any atom is 0.407 e. The van der Waals surface area contributed by atoms with E-state index in [1.165, 1.54) is 0 Å². The Labute approximate surface area is 156 Å². The molecule has 2 fully saturated rings. The van der Waals surface area contributed by atoms with Crippen LogP contribution in [-0.2, 0) is 14.3 Å². The SMILES string of the molecule is CCCCNC(=O)OCC[C@H]1[C@@H](CC=CCCCC(=O)O)[C@H]2CC[C@@H]1O2. The summed E-state index contributed by atoms with van der Waals surface area (Å²) in [5.41, 5.74) is 0. The first kappa shape index (κ1) is 20.7. The minimum Gasteiger partial charge on any atom is -0.481 e. The number of nitrogens with one attached hydrogen (secondary N) is 1. The predicted molar refractivity (Wildman–Crippen MR) is 99.0 cm³/mol. The Morgan fingerprint density at radius 3 is 2.69 bits per heavy atom. The summed E-state index contributed by atoms with van der Waals surface area (Å²) in [5.74, 6) is 0.191. The number of carboxylic acid groups (broad SMARTS) is 1. The van der Waals surface area contributed by atoms with Crippen LogP contribution >= 0.6 is 0 Å². The Hall–Kier alpha value is -1.56. The van der Waals surface area contributed by atoms with E-state index in [1.54, 1.807) is 0 Å². The number of unbranched alkanes of at least 4 members (excludes halogenated alkanes) is 2. The zero-order valence-corrected chi connectivity index (χ0v) is 15.8. The topological polar surface area (TPSA) is 84.9 Å². The van der Waals surface area contributed by atoms with Crippen LogP contribution in [0.15, 0.2) is 12.2 Å². The fourth-order valence-corrected chi connectivity index (χ4v) is 4.05. The Morgan fingerprint density at radius 2 is 1.96 bits per heavy atom. The highest BCUT2D eigenvalue weighted by Crippen LogP contribution is 2.46. The second kappa shape index (κ2) is 11.2. The molecular formula is C20H33NO5. The molecular weight excluding hydrogens is 334 g/mol. The number of rotatable bonds is 12. The molecule has 0 spiro atoms. The number of allylic oxidation sites excluding steroid dienone is 2. The summed E-state index contributed by atoms with van der Waals surface area (Å²) >= 11 is 0. The Balaban J connectivity index is 1.68. The number of aliphatic carboxylic acids is 1. The zero-order valence-electron chi connectivity index (χ0n) is 15.8. The molecule has 2 aliphatic rings. The van der Waals surface area contributed by atoms with Crippen LogP contribution in [0.1, 0.15) is 64.7 Å². The first-order chi connectivity index (χ1) is 12.6. The molecule has 0 radical (unpaired) electrons. The van der Waals surface area contributed by atoms with Crippen molar-refractivity contribution in [3.05, 3.63) is 12.2 Å². The molecule has 2 aliphatic heterocycles. The summed E-state index contributed by atoms with van der Waals surface area (Å²) in [6.07, 6.45) is 12.3. The van der Waals surface area contributed by atoms with Crippen molar-refractivity contribution >= 4 is 12.1 Å². The molecule has 0 aromatic rings. The van der Waals surface area contributed by atoms with Crippen molar-refractivity contribution in [2.45, 2.75) is 76.9 Å². The highest BCUT2D eigenvalue weighted by molar-refractivity contribution is 5.67. The van der Waals surface area contributed by atoms with Gasteiger partial charge in [-0.2, -0.15) is 0 Å². The number of carbonyl (C=O) groups is 2. The second-order valence-corrected chi connectivity index (χ2v) is 7.32. The lowest BCUT2D eigenvalue weighted by atomic mass is 9.76. The smallest absolute Gasteiger partial charge is 0.407 e. The van der Waals surface area contributed by atoms with Gasteiger partial charge in [0.05, 0.1) is 18.8 Å². The number of hydrogen-bond acceptors (Lipinski definition) is 4. The highest BCUT2D eigenvalue weighted by atomic mass is 16.5. The predicted octanol–water partition coefficient (Wildman–Crippen LogP) is 3.90. The van der Waals surface area contributed by atoms with Gasteiger partial charge in [0, 0.05) is 13.0 Å². The van der Waals surface area contributed by atoms with Gasteiger partial charge in [-0.05, 0) is 56.8 Å². The number of hydrogen-bond donors (Lipinski definition) is 2. The van der Waals surface area contributed by atoms with Crippen LogP contribution in [-0.4, -0.2) is 42.5 Å². The number of carbonyl (C=O) groups excluding carboxylic acids is 1. The molecule has 0 saturated carbocycles. The Morgan fingerprint density at radius 1 is 1.19 bits per heavy atom. The molecule has 2 bridgehead atoms. The molecule has 2 heterocycles. The number of amides is 1. The van der Waals surface area contributed by atoms with Gasteiger partial charge in [0.1, 0.15) is 0 Å². The lowest BCUT2D eigenvalue weighted by molar-refractivity contribution is -0.137. The van der Waals surface area contributed by atoms with E-state index in [0.29, 0.717) is 43.6 Å². The van der Waals surface area contributed by atoms with Crippen molar-refractivity contribution in [3.8, 4) is 0 Å². The molecule has 0 aromatic heterocycles. The molecule has 0 aliphatic carbocycles. The minimum absolute atomic E-state index is 0.224. The summed E-state index contributed by atoms with van der Waals surface area (Å²) in [6, 6.07) is 0. The maximum absolute atomic E-state index is 11.6. The Kier molecular flexibility index (Phi) is 8.95. The summed E-state index contributed by atoms with van der Waals surface area (Å²) in [6.45, 7) is 3.19. The summed E-state index contributed by atoms with van der Waals surface area (Å²) < 4.78 is 11.4. The first-order valence-electron chi connectivity index (χ1n) is 10.0. The molecule has 0 unspecified atom stereocenters. The van der Waals surface area contributed by atoms with Crippen molar-refractivity contribution in [2.75, 3.05) is 13.2 Å². The molecule has 2 rings (SSSR count). The van der Waals surface area contributed by atoms with Gasteiger partial charge in [-0.25, -0.2) is 4.79 Å². The van der Waals surface area contributed by atoms with Crippen molar-refractivity contribution in [1.29, 1.82) is 0 Å². The van der Waals surface area contributed by atoms with Crippen LogP contribution in [0.3, 0.4) is 0 Å². The fraction of sp³-hybridized carbons (Fsp3) is 0.800. The quantitative estimate of drug-likeness (QED) is 0.404. The third kappa shape index (κ3) is 6.63. The normalized spacial score (nSPS) is 27.1. The maximum atomic E-state index is 11.6. The Bertz CT molecular complexity index is 479. The average Bonchev–Trinajstić information content (AvgIpc) is 3.20. The molecule has 6 nitrogen and oxygen atoms in total. The van der Waals surface area contributed by atoms with Crippen LogP contribution in [0.2, 0.25) is 0 Å². The monoisotopic (exact) mass is 367 g/mol. The molecule has 6 heteroatoms. The van der Waals surface area contributed by atoms with Crippen molar-refractivity contribution in [1.82, 2.24) is 5.32 Å². The van der Waals surface area contributed by atoms with Crippen LogP contribution in [0.4, 0.5) is 4.79 Å². The van der Waals surface area contributed by atoms with Gasteiger partial charge in [-0.15, -0.1) is 0 Å². The summed E-state index contributed by atoms with van der Waals surface area (Å²) in [5, 5.41) is 11.4. The van der Waals surface area contributed by atoms with E-state index in [2.05, 4.69) is 24.4 Å². The minimum atomic E-state index is -0.737. The fourth-order valence-electron chi connectivity index (χ4n) is 4.05. The van der Waals surface area contributed by atoms with E-state index in [1.807, 2.05) is 0 Å². The van der Waals surface area contributed by atoms with Gasteiger partial charge < -0.3 is 19.9 Å². The third-order valence-electron chi connectivity index (χ3n) is 5.41. The van der Waals surface area contributed by atoms with Crippen LogP contribution in [0, 0.1) is 11.8 Å². The van der Waals surface area contributed by atoms with E-state index >= 15 is 0 Å². The summed E-state index contributed by atoms with van der Waals surface area (Å²) in [4.78, 5) is 22.1. The van der Waals surface area contributed by atoms with Gasteiger partial charge in [0.25, 0.3) is 0 Å². The van der Waals surface area contributed by atoms with E-state index in [9.17, 15) is 9.59 Å². The summed E-state index contributed by atoms with van der Waals surface area (Å²) in [7, 11) is 0. The largest absolute Gasteiger partial charge is 0.481 e. The van der Waals surface area contributed by atoms with Gasteiger partial charge in [-0.1, -0.05) is 25.5 Å². The van der Waals surface area contributed by atoms with E-state index in [4.69, 9.17) is 14.6 Å². The van der Waals surface area contributed by atoms with Gasteiger partial charge in [0.2, 0.25) is 0 Å². The van der Waals surface area contributed by atoms with Crippen molar-refractivity contribution in [2.24, 2.45) is 11.8 Å².